The van der Waals surface area contributed by atoms with Crippen LogP contribution < -0.4 is 10.6 Å². The highest BCUT2D eigenvalue weighted by Gasteiger charge is 2.09. The van der Waals surface area contributed by atoms with Crippen molar-refractivity contribution in [1.29, 1.82) is 0 Å². The normalized spacial score (nSPS) is 10.3. The van der Waals surface area contributed by atoms with Gasteiger partial charge in [0.15, 0.2) is 0 Å². The van der Waals surface area contributed by atoms with E-state index in [1.54, 1.807) is 11.3 Å². The van der Waals surface area contributed by atoms with Gasteiger partial charge in [0, 0.05) is 17.6 Å². The van der Waals surface area contributed by atoms with Gasteiger partial charge in [0.05, 0.1) is 5.56 Å². The lowest BCUT2D eigenvalue weighted by Gasteiger charge is -2.07. The van der Waals surface area contributed by atoms with Crippen molar-refractivity contribution < 1.29 is 4.79 Å². The van der Waals surface area contributed by atoms with Crippen LogP contribution in [-0.2, 0) is 6.54 Å². The zero-order valence-corrected chi connectivity index (χ0v) is 11.3. The number of rotatable bonds is 4. The molecule has 2 aromatic rings. The number of carbonyl (C=O) groups excluding carboxylic acids is 1. The van der Waals surface area contributed by atoms with Crippen LogP contribution in [0, 0.1) is 6.92 Å². The van der Waals surface area contributed by atoms with Crippen molar-refractivity contribution >= 4 is 22.9 Å². The van der Waals surface area contributed by atoms with Gasteiger partial charge in [-0.2, -0.15) is 11.3 Å². The topological polar surface area (TPSA) is 41.1 Å². The Hall–Kier alpha value is -1.65. The van der Waals surface area contributed by atoms with Gasteiger partial charge in [0.25, 0.3) is 5.91 Å². The van der Waals surface area contributed by atoms with Crippen molar-refractivity contribution in [3.05, 3.63) is 51.7 Å². The molecule has 0 saturated carbocycles. The van der Waals surface area contributed by atoms with Gasteiger partial charge in [-0.1, -0.05) is 12.1 Å². The highest BCUT2D eigenvalue weighted by Crippen LogP contribution is 2.17. The predicted octanol–water partition coefficient (Wildman–Crippen LogP) is 3.03. The highest BCUT2D eigenvalue weighted by atomic mass is 32.1. The largest absolute Gasteiger partial charge is 0.322 e. The van der Waals surface area contributed by atoms with Crippen LogP contribution in [-0.4, -0.2) is 13.0 Å². The van der Waals surface area contributed by atoms with E-state index in [-0.39, 0.29) is 5.91 Å². The molecule has 1 amide bonds. The first-order chi connectivity index (χ1) is 8.70. The van der Waals surface area contributed by atoms with E-state index in [1.165, 1.54) is 0 Å². The number of benzene rings is 1. The fourth-order valence-electron chi connectivity index (χ4n) is 1.75. The summed E-state index contributed by atoms with van der Waals surface area (Å²) in [6.07, 6.45) is 0. The number of carbonyl (C=O) groups is 1. The second-order valence-electron chi connectivity index (χ2n) is 4.15. The van der Waals surface area contributed by atoms with Crippen LogP contribution in [0.5, 0.6) is 0 Å². The molecule has 1 aromatic carbocycles. The SMILES string of the molecule is CNCc1cccc(NC(=O)c2cscc2C)c1. The van der Waals surface area contributed by atoms with Gasteiger partial charge in [-0.25, -0.2) is 0 Å². The molecule has 1 heterocycles. The Labute approximate surface area is 111 Å². The third-order valence-corrected chi connectivity index (χ3v) is 3.53. The van der Waals surface area contributed by atoms with Crippen LogP contribution in [0.2, 0.25) is 0 Å². The zero-order chi connectivity index (χ0) is 13.0. The van der Waals surface area contributed by atoms with Crippen LogP contribution in [0.25, 0.3) is 0 Å². The first-order valence-corrected chi connectivity index (χ1v) is 6.72. The van der Waals surface area contributed by atoms with Crippen molar-refractivity contribution in [3.8, 4) is 0 Å². The molecular weight excluding hydrogens is 244 g/mol. The van der Waals surface area contributed by atoms with Gasteiger partial charge >= 0.3 is 0 Å². The van der Waals surface area contributed by atoms with Crippen molar-refractivity contribution in [2.75, 3.05) is 12.4 Å². The molecule has 3 nitrogen and oxygen atoms in total. The average Bonchev–Trinajstić information content (AvgIpc) is 2.76. The van der Waals surface area contributed by atoms with E-state index in [9.17, 15) is 4.79 Å². The lowest BCUT2D eigenvalue weighted by atomic mass is 10.1. The number of hydrogen-bond donors (Lipinski definition) is 2. The molecule has 0 aliphatic rings. The summed E-state index contributed by atoms with van der Waals surface area (Å²) in [5.41, 5.74) is 3.75. The summed E-state index contributed by atoms with van der Waals surface area (Å²) in [6.45, 7) is 2.74. The Morgan fingerprint density at radius 1 is 1.33 bits per heavy atom. The number of amides is 1. The van der Waals surface area contributed by atoms with E-state index in [2.05, 4.69) is 10.6 Å². The molecule has 0 spiro atoms. The number of anilines is 1. The van der Waals surface area contributed by atoms with Crippen LogP contribution in [0.4, 0.5) is 5.69 Å². The standard InChI is InChI=1S/C14H16N2OS/c1-10-8-18-9-13(10)14(17)16-12-5-3-4-11(6-12)7-15-2/h3-6,8-9,15H,7H2,1-2H3,(H,16,17). The van der Waals surface area contributed by atoms with Gasteiger partial charge in [-0.05, 0) is 42.6 Å². The molecule has 0 fully saturated rings. The summed E-state index contributed by atoms with van der Waals surface area (Å²) >= 11 is 1.55. The third-order valence-electron chi connectivity index (χ3n) is 2.67. The Balaban J connectivity index is 2.12. The van der Waals surface area contributed by atoms with Gasteiger partial charge in [-0.3, -0.25) is 4.79 Å². The maximum absolute atomic E-state index is 12.0. The van der Waals surface area contributed by atoms with Crippen molar-refractivity contribution in [3.63, 3.8) is 0 Å². The summed E-state index contributed by atoms with van der Waals surface area (Å²) in [4.78, 5) is 12.0. The summed E-state index contributed by atoms with van der Waals surface area (Å²) < 4.78 is 0. The fourth-order valence-corrected chi connectivity index (χ4v) is 2.58. The second kappa shape index (κ2) is 5.80. The van der Waals surface area contributed by atoms with Crippen LogP contribution in [0.3, 0.4) is 0 Å². The van der Waals surface area contributed by atoms with E-state index >= 15 is 0 Å². The quantitative estimate of drug-likeness (QED) is 0.887. The third kappa shape index (κ3) is 2.97. The fraction of sp³-hybridized carbons (Fsp3) is 0.214. The van der Waals surface area contributed by atoms with Crippen LogP contribution in [0.1, 0.15) is 21.5 Å². The predicted molar refractivity (Wildman–Crippen MR) is 76.2 cm³/mol. The highest BCUT2D eigenvalue weighted by molar-refractivity contribution is 7.08. The lowest BCUT2D eigenvalue weighted by Crippen LogP contribution is -2.12. The molecule has 0 atom stereocenters. The first kappa shape index (κ1) is 12.8. The van der Waals surface area contributed by atoms with Crippen LogP contribution in [0.15, 0.2) is 35.0 Å². The molecule has 0 bridgehead atoms. The molecule has 94 valence electrons. The molecule has 4 heteroatoms. The summed E-state index contributed by atoms with van der Waals surface area (Å²) in [7, 11) is 1.90. The molecule has 2 rings (SSSR count). The Morgan fingerprint density at radius 2 is 2.17 bits per heavy atom. The van der Waals surface area contributed by atoms with Crippen molar-refractivity contribution in [1.82, 2.24) is 5.32 Å². The number of thiophene rings is 1. The molecule has 0 aliphatic heterocycles. The summed E-state index contributed by atoms with van der Waals surface area (Å²) in [5, 5.41) is 9.87. The lowest BCUT2D eigenvalue weighted by molar-refractivity contribution is 0.102. The van der Waals surface area contributed by atoms with Gasteiger partial charge < -0.3 is 10.6 Å². The molecule has 0 unspecified atom stereocenters. The van der Waals surface area contributed by atoms with E-state index in [4.69, 9.17) is 0 Å². The van der Waals surface area contributed by atoms with E-state index < -0.39 is 0 Å². The summed E-state index contributed by atoms with van der Waals surface area (Å²) in [6, 6.07) is 7.86. The molecule has 0 saturated heterocycles. The average molecular weight is 260 g/mol. The molecule has 0 aliphatic carbocycles. The second-order valence-corrected chi connectivity index (χ2v) is 4.90. The minimum absolute atomic E-state index is 0.0460. The van der Waals surface area contributed by atoms with E-state index in [0.717, 1.165) is 28.9 Å². The maximum Gasteiger partial charge on any atom is 0.256 e. The zero-order valence-electron chi connectivity index (χ0n) is 10.5. The van der Waals surface area contributed by atoms with Crippen molar-refractivity contribution in [2.45, 2.75) is 13.5 Å². The Kier molecular flexibility index (Phi) is 4.12. The minimum Gasteiger partial charge on any atom is -0.322 e. The minimum atomic E-state index is -0.0460. The molecule has 18 heavy (non-hydrogen) atoms. The van der Waals surface area contributed by atoms with Crippen molar-refractivity contribution in [2.24, 2.45) is 0 Å². The van der Waals surface area contributed by atoms with Gasteiger partial charge in [0.1, 0.15) is 0 Å². The molecule has 1 aromatic heterocycles. The maximum atomic E-state index is 12.0. The number of nitrogens with one attached hydrogen (secondary N) is 2. The van der Waals surface area contributed by atoms with Gasteiger partial charge in [-0.15, -0.1) is 0 Å². The smallest absolute Gasteiger partial charge is 0.256 e. The molecular formula is C14H16N2OS. The summed E-state index contributed by atoms with van der Waals surface area (Å²) in [5.74, 6) is -0.0460. The Bertz CT molecular complexity index is 548. The first-order valence-electron chi connectivity index (χ1n) is 5.78. The monoisotopic (exact) mass is 260 g/mol. The molecule has 2 N–H and O–H groups in total. The van der Waals surface area contributed by atoms with Gasteiger partial charge in [0.2, 0.25) is 0 Å². The Morgan fingerprint density at radius 3 is 2.83 bits per heavy atom. The number of hydrogen-bond acceptors (Lipinski definition) is 3. The van der Waals surface area contributed by atoms with E-state index in [0.29, 0.717) is 0 Å². The van der Waals surface area contributed by atoms with Crippen LogP contribution >= 0.6 is 11.3 Å². The number of aryl methyl sites for hydroxylation is 1. The molecule has 0 radical (unpaired) electrons. The van der Waals surface area contributed by atoms with E-state index in [1.807, 2.05) is 49.0 Å².